The summed E-state index contributed by atoms with van der Waals surface area (Å²) in [5.41, 5.74) is 1.46. The molecule has 0 unspecified atom stereocenters. The van der Waals surface area contributed by atoms with Gasteiger partial charge in [0, 0.05) is 0 Å². The monoisotopic (exact) mass is 360 g/mol. The fraction of sp³-hybridized carbons (Fsp3) is 0.375. The van der Waals surface area contributed by atoms with Gasteiger partial charge in [0.25, 0.3) is 0 Å². The van der Waals surface area contributed by atoms with Gasteiger partial charge in [0.1, 0.15) is 25.3 Å². The Bertz CT molecular complexity index is 838. The Morgan fingerprint density at radius 2 is 2.08 bits per heavy atom. The summed E-state index contributed by atoms with van der Waals surface area (Å²) >= 11 is 6.57. The summed E-state index contributed by atoms with van der Waals surface area (Å²) in [5.74, 6) is -1.21. The minimum atomic E-state index is -1.21. The van der Waals surface area contributed by atoms with Gasteiger partial charge in [-0.15, -0.1) is 0 Å². The smallest absolute Gasteiger partial charge is 0.302 e. The zero-order valence-corrected chi connectivity index (χ0v) is 14.4. The topological polar surface area (TPSA) is 79.9 Å². The number of nitrogens with zero attached hydrogens (tertiary/aromatic N) is 6. The van der Waals surface area contributed by atoms with Crippen LogP contribution < -0.4 is 0 Å². The second kappa shape index (κ2) is 6.55. The van der Waals surface area contributed by atoms with E-state index in [9.17, 15) is 0 Å². The third kappa shape index (κ3) is 2.82. The van der Waals surface area contributed by atoms with Crippen LogP contribution in [0, 0.1) is 0 Å². The highest BCUT2D eigenvalue weighted by Gasteiger charge is 2.47. The number of rotatable bonds is 5. The van der Waals surface area contributed by atoms with Crippen LogP contribution in [0.4, 0.5) is 0 Å². The van der Waals surface area contributed by atoms with E-state index in [1.54, 1.807) is 28.1 Å². The molecule has 0 spiro atoms. The fourth-order valence-electron chi connectivity index (χ4n) is 2.95. The van der Waals surface area contributed by atoms with Crippen LogP contribution in [0.3, 0.4) is 0 Å². The summed E-state index contributed by atoms with van der Waals surface area (Å²) in [7, 11) is 0. The lowest BCUT2D eigenvalue weighted by atomic mass is 10.1. The van der Waals surface area contributed by atoms with Crippen LogP contribution in [0.15, 0.2) is 43.5 Å². The van der Waals surface area contributed by atoms with E-state index in [-0.39, 0.29) is 6.10 Å². The van der Waals surface area contributed by atoms with Gasteiger partial charge >= 0.3 is 5.91 Å². The SMILES string of the molecule is CCC[C@H]1CO[C@](c2ccc(-n3cncn3)cc2Cl)(n2cncn2)O1. The van der Waals surface area contributed by atoms with Crippen LogP contribution in [-0.4, -0.2) is 42.2 Å². The van der Waals surface area contributed by atoms with E-state index in [1.807, 2.05) is 12.1 Å². The van der Waals surface area contributed by atoms with Crippen molar-refractivity contribution in [3.63, 3.8) is 0 Å². The molecule has 0 bridgehead atoms. The Labute approximate surface area is 149 Å². The first kappa shape index (κ1) is 16.2. The first-order chi connectivity index (χ1) is 12.2. The van der Waals surface area contributed by atoms with E-state index in [0.717, 1.165) is 18.5 Å². The molecule has 0 saturated carbocycles. The van der Waals surface area contributed by atoms with Crippen molar-refractivity contribution in [1.29, 1.82) is 0 Å². The molecule has 0 N–H and O–H groups in total. The molecular weight excluding hydrogens is 344 g/mol. The molecule has 2 aromatic heterocycles. The van der Waals surface area contributed by atoms with Gasteiger partial charge in [-0.05, 0) is 24.6 Å². The van der Waals surface area contributed by atoms with E-state index >= 15 is 0 Å². The first-order valence-electron chi connectivity index (χ1n) is 8.05. The predicted octanol–water partition coefficient (Wildman–Crippen LogP) is 2.39. The van der Waals surface area contributed by atoms with E-state index in [4.69, 9.17) is 21.1 Å². The van der Waals surface area contributed by atoms with Gasteiger partial charge in [0.05, 0.1) is 29.0 Å². The van der Waals surface area contributed by atoms with Gasteiger partial charge in [0.15, 0.2) is 0 Å². The van der Waals surface area contributed by atoms with Gasteiger partial charge < -0.3 is 9.47 Å². The van der Waals surface area contributed by atoms with Crippen molar-refractivity contribution in [2.45, 2.75) is 31.8 Å². The van der Waals surface area contributed by atoms with Crippen LogP contribution in [0.1, 0.15) is 25.3 Å². The molecule has 1 aliphatic rings. The summed E-state index contributed by atoms with van der Waals surface area (Å²) in [4.78, 5) is 7.97. The van der Waals surface area contributed by atoms with Crippen molar-refractivity contribution >= 4 is 11.6 Å². The molecule has 1 fully saturated rings. The molecule has 130 valence electrons. The highest BCUT2D eigenvalue weighted by molar-refractivity contribution is 6.31. The molecule has 2 atom stereocenters. The lowest BCUT2D eigenvalue weighted by Gasteiger charge is -2.29. The summed E-state index contributed by atoms with van der Waals surface area (Å²) in [5, 5.41) is 8.83. The number of hydrogen-bond donors (Lipinski definition) is 0. The molecule has 1 aliphatic heterocycles. The van der Waals surface area contributed by atoms with Gasteiger partial charge in [-0.25, -0.2) is 14.6 Å². The van der Waals surface area contributed by atoms with Crippen LogP contribution in [0.5, 0.6) is 0 Å². The Morgan fingerprint density at radius 3 is 2.76 bits per heavy atom. The highest BCUT2D eigenvalue weighted by Crippen LogP contribution is 2.40. The van der Waals surface area contributed by atoms with Crippen molar-refractivity contribution in [3.05, 3.63) is 54.1 Å². The Balaban J connectivity index is 1.76. The van der Waals surface area contributed by atoms with Gasteiger partial charge in [0.2, 0.25) is 0 Å². The van der Waals surface area contributed by atoms with E-state index in [0.29, 0.717) is 17.2 Å². The Kier molecular flexibility index (Phi) is 4.24. The number of benzene rings is 1. The molecule has 0 radical (unpaired) electrons. The third-order valence-electron chi connectivity index (χ3n) is 4.10. The van der Waals surface area contributed by atoms with Crippen molar-refractivity contribution in [2.75, 3.05) is 6.61 Å². The number of ether oxygens (including phenoxy) is 2. The van der Waals surface area contributed by atoms with Gasteiger partial charge in [-0.1, -0.05) is 24.9 Å². The minimum absolute atomic E-state index is 0.0275. The summed E-state index contributed by atoms with van der Waals surface area (Å²) in [6.45, 7) is 2.58. The molecule has 9 heteroatoms. The quantitative estimate of drug-likeness (QED) is 0.695. The first-order valence-corrected chi connectivity index (χ1v) is 8.42. The van der Waals surface area contributed by atoms with E-state index < -0.39 is 5.91 Å². The second-order valence-corrected chi connectivity index (χ2v) is 6.17. The number of aromatic nitrogens is 6. The van der Waals surface area contributed by atoms with Crippen LogP contribution in [0.25, 0.3) is 5.69 Å². The molecule has 3 heterocycles. The second-order valence-electron chi connectivity index (χ2n) is 5.77. The largest absolute Gasteiger partial charge is 0.325 e. The molecule has 0 aliphatic carbocycles. The number of halogens is 1. The standard InChI is InChI=1S/C16H17ClN6O2/c1-2-3-13-7-24-16(25-13,23-11-19-9-21-23)14-5-4-12(6-15(14)17)22-10-18-8-20-22/h4-6,8-11,13H,2-3,7H2,1H3/t13-,16-/m0/s1. The zero-order chi connectivity index (χ0) is 17.3. The van der Waals surface area contributed by atoms with Crippen molar-refractivity contribution in [3.8, 4) is 5.69 Å². The van der Waals surface area contributed by atoms with Crippen LogP contribution in [-0.2, 0) is 15.4 Å². The van der Waals surface area contributed by atoms with Gasteiger partial charge in [-0.2, -0.15) is 14.9 Å². The van der Waals surface area contributed by atoms with Crippen molar-refractivity contribution < 1.29 is 9.47 Å². The van der Waals surface area contributed by atoms with E-state index in [1.165, 1.54) is 12.7 Å². The van der Waals surface area contributed by atoms with Crippen LogP contribution >= 0.6 is 11.6 Å². The molecule has 1 saturated heterocycles. The van der Waals surface area contributed by atoms with Crippen molar-refractivity contribution in [1.82, 2.24) is 29.5 Å². The summed E-state index contributed by atoms with van der Waals surface area (Å²) in [6.07, 6.45) is 7.96. The lowest BCUT2D eigenvalue weighted by molar-refractivity contribution is -0.206. The number of hydrogen-bond acceptors (Lipinski definition) is 6. The average Bonchev–Trinajstić information content (AvgIpc) is 3.37. The lowest BCUT2D eigenvalue weighted by Crippen LogP contribution is -2.37. The Morgan fingerprint density at radius 1 is 1.24 bits per heavy atom. The third-order valence-corrected chi connectivity index (χ3v) is 4.41. The molecule has 4 rings (SSSR count). The molecule has 1 aromatic carbocycles. The van der Waals surface area contributed by atoms with Gasteiger partial charge in [-0.3, -0.25) is 0 Å². The normalized spacial score (nSPS) is 23.2. The summed E-state index contributed by atoms with van der Waals surface area (Å²) < 4.78 is 15.5. The molecule has 25 heavy (non-hydrogen) atoms. The maximum atomic E-state index is 6.57. The minimum Gasteiger partial charge on any atom is -0.325 e. The average molecular weight is 361 g/mol. The predicted molar refractivity (Wildman–Crippen MR) is 89.2 cm³/mol. The molecule has 0 amide bonds. The van der Waals surface area contributed by atoms with Crippen LogP contribution in [0.2, 0.25) is 5.02 Å². The fourth-order valence-corrected chi connectivity index (χ4v) is 3.25. The molecular formula is C16H17ClN6O2. The molecule has 3 aromatic rings. The maximum absolute atomic E-state index is 6.57. The van der Waals surface area contributed by atoms with Crippen molar-refractivity contribution in [2.24, 2.45) is 0 Å². The zero-order valence-electron chi connectivity index (χ0n) is 13.6. The Hall–Kier alpha value is -2.29. The maximum Gasteiger partial charge on any atom is 0.302 e. The molecule has 8 nitrogen and oxygen atoms in total. The highest BCUT2D eigenvalue weighted by atomic mass is 35.5. The van der Waals surface area contributed by atoms with E-state index in [2.05, 4.69) is 27.1 Å². The summed E-state index contributed by atoms with van der Waals surface area (Å²) in [6, 6.07) is 5.54.